The summed E-state index contributed by atoms with van der Waals surface area (Å²) in [7, 11) is 0. The molecule has 118 valence electrons. The summed E-state index contributed by atoms with van der Waals surface area (Å²) < 4.78 is 0. The Balaban J connectivity index is 1.76. The minimum absolute atomic E-state index is 0.0356. The Labute approximate surface area is 132 Å². The van der Waals surface area contributed by atoms with Crippen LogP contribution in [0.5, 0.6) is 0 Å². The Bertz CT molecular complexity index is 454. The molecule has 1 atom stereocenters. The van der Waals surface area contributed by atoms with E-state index in [1.807, 2.05) is 0 Å². The maximum atomic E-state index is 11.0. The Morgan fingerprint density at radius 2 is 1.81 bits per heavy atom. The molecule has 2 fully saturated rings. The van der Waals surface area contributed by atoms with Gasteiger partial charge in [0.15, 0.2) is 0 Å². The third-order valence-electron chi connectivity index (χ3n) is 5.52. The zero-order valence-electron chi connectivity index (χ0n) is 13.4. The number of rotatable bonds is 4. The molecule has 0 amide bonds. The average molecular weight is 308 g/mol. The predicted molar refractivity (Wildman–Crippen MR) is 87.9 cm³/mol. The standard InChI is InChI=1S/C17H28N2OS/c1-13-14(2)21-16(18-13)12-15(20)17(8-4-5-9-17)19-10-6-3-7-11-19/h15,20H,3-12H2,1-2H3. The molecule has 2 heterocycles. The van der Waals surface area contributed by atoms with Gasteiger partial charge in [0, 0.05) is 16.8 Å². The van der Waals surface area contributed by atoms with Gasteiger partial charge in [0.05, 0.1) is 16.8 Å². The summed E-state index contributed by atoms with van der Waals surface area (Å²) in [5.41, 5.74) is 1.16. The summed E-state index contributed by atoms with van der Waals surface area (Å²) in [6.07, 6.45) is 9.28. The molecule has 0 bridgehead atoms. The van der Waals surface area contributed by atoms with Crippen LogP contribution in [0.2, 0.25) is 0 Å². The van der Waals surface area contributed by atoms with E-state index >= 15 is 0 Å². The van der Waals surface area contributed by atoms with Crippen molar-refractivity contribution in [3.05, 3.63) is 15.6 Å². The van der Waals surface area contributed by atoms with Crippen LogP contribution in [-0.4, -0.2) is 39.7 Å². The molecule has 0 radical (unpaired) electrons. The molecule has 3 nitrogen and oxygen atoms in total. The average Bonchev–Trinajstić information content (AvgIpc) is 3.09. The van der Waals surface area contributed by atoms with Gasteiger partial charge in [-0.25, -0.2) is 4.98 Å². The molecule has 2 aliphatic rings. The van der Waals surface area contributed by atoms with E-state index in [0.717, 1.165) is 30.0 Å². The first-order chi connectivity index (χ1) is 10.1. The fourth-order valence-corrected chi connectivity index (χ4v) is 5.14. The zero-order valence-corrected chi connectivity index (χ0v) is 14.2. The predicted octanol–water partition coefficient (Wildman–Crippen LogP) is 3.46. The number of aliphatic hydroxyl groups is 1. The van der Waals surface area contributed by atoms with Gasteiger partial charge in [-0.05, 0) is 52.6 Å². The largest absolute Gasteiger partial charge is 0.391 e. The number of aryl methyl sites for hydroxylation is 2. The van der Waals surface area contributed by atoms with Gasteiger partial charge in [0.2, 0.25) is 0 Å². The van der Waals surface area contributed by atoms with Crippen LogP contribution in [0.25, 0.3) is 0 Å². The fourth-order valence-electron chi connectivity index (χ4n) is 4.17. The number of nitrogens with zero attached hydrogens (tertiary/aromatic N) is 2. The Kier molecular flexibility index (Phi) is 4.67. The number of hydrogen-bond acceptors (Lipinski definition) is 4. The quantitative estimate of drug-likeness (QED) is 0.925. The molecule has 0 spiro atoms. The number of piperidine rings is 1. The fraction of sp³-hybridized carbons (Fsp3) is 0.824. The lowest BCUT2D eigenvalue weighted by Crippen LogP contribution is -2.57. The monoisotopic (exact) mass is 308 g/mol. The summed E-state index contributed by atoms with van der Waals surface area (Å²) in [5.74, 6) is 0. The van der Waals surface area contributed by atoms with Crippen molar-refractivity contribution in [1.82, 2.24) is 9.88 Å². The van der Waals surface area contributed by atoms with E-state index in [1.165, 1.54) is 50.1 Å². The molecular formula is C17H28N2OS. The van der Waals surface area contributed by atoms with Crippen molar-refractivity contribution in [2.24, 2.45) is 0 Å². The van der Waals surface area contributed by atoms with Crippen LogP contribution in [0.1, 0.15) is 60.5 Å². The normalized spacial score (nSPS) is 24.3. The van der Waals surface area contributed by atoms with Gasteiger partial charge >= 0.3 is 0 Å². The lowest BCUT2D eigenvalue weighted by atomic mass is 9.85. The van der Waals surface area contributed by atoms with Crippen LogP contribution in [0.3, 0.4) is 0 Å². The van der Waals surface area contributed by atoms with Crippen molar-refractivity contribution in [2.45, 2.75) is 76.9 Å². The van der Waals surface area contributed by atoms with E-state index in [0.29, 0.717) is 0 Å². The molecule has 1 unspecified atom stereocenters. The Hall–Kier alpha value is -0.450. The number of hydrogen-bond donors (Lipinski definition) is 1. The van der Waals surface area contributed by atoms with Gasteiger partial charge < -0.3 is 5.11 Å². The maximum absolute atomic E-state index is 11.0. The molecule has 1 aromatic heterocycles. The molecule has 1 N–H and O–H groups in total. The van der Waals surface area contributed by atoms with Crippen molar-refractivity contribution in [3.63, 3.8) is 0 Å². The van der Waals surface area contributed by atoms with E-state index in [2.05, 4.69) is 23.7 Å². The molecule has 1 aromatic rings. The highest BCUT2D eigenvalue weighted by Crippen LogP contribution is 2.41. The second-order valence-corrected chi connectivity index (χ2v) is 8.12. The van der Waals surface area contributed by atoms with Crippen molar-refractivity contribution in [2.75, 3.05) is 13.1 Å². The van der Waals surface area contributed by atoms with Crippen molar-refractivity contribution in [1.29, 1.82) is 0 Å². The first kappa shape index (κ1) is 15.4. The second kappa shape index (κ2) is 6.35. The molecule has 1 saturated carbocycles. The first-order valence-electron chi connectivity index (χ1n) is 8.48. The van der Waals surface area contributed by atoms with E-state index in [4.69, 9.17) is 0 Å². The van der Waals surface area contributed by atoms with Gasteiger partial charge in [-0.1, -0.05) is 19.3 Å². The van der Waals surface area contributed by atoms with E-state index in [1.54, 1.807) is 11.3 Å². The van der Waals surface area contributed by atoms with Crippen LogP contribution in [-0.2, 0) is 6.42 Å². The highest BCUT2D eigenvalue weighted by Gasteiger charge is 2.45. The maximum Gasteiger partial charge on any atom is 0.0957 e. The second-order valence-electron chi connectivity index (χ2n) is 6.83. The van der Waals surface area contributed by atoms with E-state index in [9.17, 15) is 5.11 Å². The van der Waals surface area contributed by atoms with Crippen LogP contribution in [0.4, 0.5) is 0 Å². The third kappa shape index (κ3) is 3.03. The van der Waals surface area contributed by atoms with Crippen molar-refractivity contribution >= 4 is 11.3 Å². The van der Waals surface area contributed by atoms with E-state index < -0.39 is 0 Å². The Morgan fingerprint density at radius 1 is 1.14 bits per heavy atom. The van der Waals surface area contributed by atoms with Crippen molar-refractivity contribution in [3.8, 4) is 0 Å². The van der Waals surface area contributed by atoms with Crippen LogP contribution in [0, 0.1) is 13.8 Å². The summed E-state index contributed by atoms with van der Waals surface area (Å²) in [6, 6.07) is 0. The highest BCUT2D eigenvalue weighted by molar-refractivity contribution is 7.11. The van der Waals surface area contributed by atoms with Crippen LogP contribution < -0.4 is 0 Å². The zero-order chi connectivity index (χ0) is 14.9. The summed E-state index contributed by atoms with van der Waals surface area (Å²) in [4.78, 5) is 8.54. The van der Waals surface area contributed by atoms with Crippen LogP contribution in [0.15, 0.2) is 0 Å². The molecule has 0 aromatic carbocycles. The van der Waals surface area contributed by atoms with Crippen LogP contribution >= 0.6 is 11.3 Å². The topological polar surface area (TPSA) is 36.4 Å². The lowest BCUT2D eigenvalue weighted by Gasteiger charge is -2.46. The number of thiazole rings is 1. The highest BCUT2D eigenvalue weighted by atomic mass is 32.1. The molecule has 21 heavy (non-hydrogen) atoms. The third-order valence-corrected chi connectivity index (χ3v) is 6.61. The van der Waals surface area contributed by atoms with Gasteiger partial charge in [-0.3, -0.25) is 4.90 Å². The summed E-state index contributed by atoms with van der Waals surface area (Å²) in [5, 5.41) is 12.1. The molecule has 1 aliphatic heterocycles. The summed E-state index contributed by atoms with van der Waals surface area (Å²) in [6.45, 7) is 6.54. The SMILES string of the molecule is Cc1nc(CC(O)C2(N3CCCCC3)CCCC2)sc1C. The lowest BCUT2D eigenvalue weighted by molar-refractivity contribution is -0.0381. The molecular weight excluding hydrogens is 280 g/mol. The van der Waals surface area contributed by atoms with Gasteiger partial charge in [-0.2, -0.15) is 0 Å². The van der Waals surface area contributed by atoms with Crippen molar-refractivity contribution < 1.29 is 5.11 Å². The number of aliphatic hydroxyl groups excluding tert-OH is 1. The minimum atomic E-state index is -0.261. The minimum Gasteiger partial charge on any atom is -0.391 e. The number of aromatic nitrogens is 1. The van der Waals surface area contributed by atoms with Gasteiger partial charge in [0.25, 0.3) is 0 Å². The Morgan fingerprint density at radius 3 is 2.38 bits per heavy atom. The summed E-state index contributed by atoms with van der Waals surface area (Å²) >= 11 is 1.76. The molecule has 1 saturated heterocycles. The van der Waals surface area contributed by atoms with Gasteiger partial charge in [-0.15, -0.1) is 11.3 Å². The van der Waals surface area contributed by atoms with Gasteiger partial charge in [0.1, 0.15) is 0 Å². The molecule has 1 aliphatic carbocycles. The molecule has 4 heteroatoms. The molecule has 3 rings (SSSR count). The van der Waals surface area contributed by atoms with E-state index in [-0.39, 0.29) is 11.6 Å². The first-order valence-corrected chi connectivity index (χ1v) is 9.29. The number of likely N-dealkylation sites (tertiary alicyclic amines) is 1. The smallest absolute Gasteiger partial charge is 0.0957 e.